The van der Waals surface area contributed by atoms with Crippen molar-refractivity contribution in [2.75, 3.05) is 12.1 Å². The quantitative estimate of drug-likeness (QED) is 0.451. The van der Waals surface area contributed by atoms with Crippen molar-refractivity contribution in [3.63, 3.8) is 0 Å². The average Bonchev–Trinajstić information content (AvgIpc) is 3.53. The molecule has 4 aromatic rings. The zero-order valence-electron chi connectivity index (χ0n) is 16.0. The predicted octanol–water partition coefficient (Wildman–Crippen LogP) is 5.10. The summed E-state index contributed by atoms with van der Waals surface area (Å²) in [4.78, 5) is 16.9. The second kappa shape index (κ2) is 8.11. The van der Waals surface area contributed by atoms with Crippen LogP contribution >= 0.6 is 11.3 Å². The SMILES string of the molecule is O=C(Nc1nc(-c2ccc3c(c2)OCO3)cs1)c1ccc(COc2ccc(F)cc2)o1. The van der Waals surface area contributed by atoms with E-state index >= 15 is 0 Å². The molecule has 0 aliphatic carbocycles. The highest BCUT2D eigenvalue weighted by atomic mass is 32.1. The number of nitrogens with one attached hydrogen (secondary N) is 1. The molecule has 1 aliphatic heterocycles. The van der Waals surface area contributed by atoms with Crippen molar-refractivity contribution in [2.24, 2.45) is 0 Å². The van der Waals surface area contributed by atoms with E-state index in [1.807, 2.05) is 23.6 Å². The molecule has 156 valence electrons. The maximum atomic E-state index is 12.9. The standard InChI is InChI=1S/C22H15FN2O5S/c23-14-2-4-15(5-3-14)27-10-16-6-8-19(30-16)21(26)25-22-24-17(11-31-22)13-1-7-18-20(9-13)29-12-28-18/h1-9,11H,10,12H2,(H,24,25,26). The minimum absolute atomic E-state index is 0.116. The summed E-state index contributed by atoms with van der Waals surface area (Å²) in [5.74, 6) is 1.72. The predicted molar refractivity (Wildman–Crippen MR) is 111 cm³/mol. The Hall–Kier alpha value is -3.85. The molecule has 3 heterocycles. The first-order chi connectivity index (χ1) is 15.1. The first-order valence-corrected chi connectivity index (χ1v) is 10.2. The van der Waals surface area contributed by atoms with Crippen LogP contribution in [0, 0.1) is 5.82 Å². The number of aromatic nitrogens is 1. The Morgan fingerprint density at radius 1 is 1.10 bits per heavy atom. The molecule has 2 aromatic carbocycles. The van der Waals surface area contributed by atoms with Gasteiger partial charge in [0.05, 0.1) is 5.69 Å². The van der Waals surface area contributed by atoms with Crippen LogP contribution in [0.2, 0.25) is 0 Å². The van der Waals surface area contributed by atoms with Gasteiger partial charge in [0.1, 0.15) is 23.9 Å². The summed E-state index contributed by atoms with van der Waals surface area (Å²) in [6.45, 7) is 0.321. The van der Waals surface area contributed by atoms with Crippen LogP contribution in [-0.2, 0) is 6.61 Å². The lowest BCUT2D eigenvalue weighted by Crippen LogP contribution is -2.10. The van der Waals surface area contributed by atoms with E-state index in [0.717, 1.165) is 5.56 Å². The highest BCUT2D eigenvalue weighted by molar-refractivity contribution is 7.14. The molecular formula is C22H15FN2O5S. The van der Waals surface area contributed by atoms with Crippen LogP contribution in [0.25, 0.3) is 11.3 Å². The third-order valence-corrected chi connectivity index (χ3v) is 5.23. The first-order valence-electron chi connectivity index (χ1n) is 9.28. The summed E-state index contributed by atoms with van der Waals surface area (Å²) < 4.78 is 34.7. The molecule has 1 N–H and O–H groups in total. The van der Waals surface area contributed by atoms with Gasteiger partial charge in [0, 0.05) is 10.9 Å². The Bertz CT molecular complexity index is 1230. The number of hydrogen-bond acceptors (Lipinski definition) is 7. The third kappa shape index (κ3) is 4.22. The Labute approximate surface area is 180 Å². The van der Waals surface area contributed by atoms with E-state index in [1.54, 1.807) is 12.1 Å². The number of hydrogen-bond donors (Lipinski definition) is 1. The minimum atomic E-state index is -0.417. The van der Waals surface area contributed by atoms with E-state index in [-0.39, 0.29) is 25.0 Å². The monoisotopic (exact) mass is 438 g/mol. The van der Waals surface area contributed by atoms with Crippen LogP contribution in [0.1, 0.15) is 16.3 Å². The zero-order chi connectivity index (χ0) is 21.2. The largest absolute Gasteiger partial charge is 0.486 e. The summed E-state index contributed by atoms with van der Waals surface area (Å²) in [5.41, 5.74) is 1.57. The topological polar surface area (TPSA) is 82.8 Å². The second-order valence-corrected chi connectivity index (χ2v) is 7.43. The van der Waals surface area contributed by atoms with Gasteiger partial charge in [-0.3, -0.25) is 10.1 Å². The lowest BCUT2D eigenvalue weighted by molar-refractivity contribution is 0.0992. The first kappa shape index (κ1) is 19.1. The molecule has 0 saturated carbocycles. The summed E-state index contributed by atoms with van der Waals surface area (Å²) in [7, 11) is 0. The summed E-state index contributed by atoms with van der Waals surface area (Å²) in [6, 6.07) is 14.4. The molecule has 1 amide bonds. The van der Waals surface area contributed by atoms with Gasteiger partial charge in [-0.2, -0.15) is 0 Å². The molecule has 0 atom stereocenters. The Morgan fingerprint density at radius 3 is 2.81 bits per heavy atom. The number of halogens is 1. The van der Waals surface area contributed by atoms with Crippen molar-refractivity contribution < 1.29 is 27.8 Å². The number of carbonyl (C=O) groups excluding carboxylic acids is 1. The molecule has 0 radical (unpaired) electrons. The summed E-state index contributed by atoms with van der Waals surface area (Å²) in [6.07, 6.45) is 0. The van der Waals surface area contributed by atoms with Crippen LogP contribution in [-0.4, -0.2) is 17.7 Å². The number of rotatable bonds is 6. The van der Waals surface area contributed by atoms with Gasteiger partial charge < -0.3 is 18.6 Å². The number of benzene rings is 2. The number of thiazole rings is 1. The van der Waals surface area contributed by atoms with Crippen molar-refractivity contribution in [3.05, 3.63) is 77.3 Å². The number of anilines is 1. The lowest BCUT2D eigenvalue weighted by atomic mass is 10.1. The minimum Gasteiger partial charge on any atom is -0.486 e. The highest BCUT2D eigenvalue weighted by Gasteiger charge is 2.17. The van der Waals surface area contributed by atoms with Crippen LogP contribution in [0.3, 0.4) is 0 Å². The fraction of sp³-hybridized carbons (Fsp3) is 0.0909. The van der Waals surface area contributed by atoms with E-state index in [2.05, 4.69) is 10.3 Å². The third-order valence-electron chi connectivity index (χ3n) is 4.47. The number of furan rings is 1. The molecule has 9 heteroatoms. The Kier molecular flexibility index (Phi) is 5.01. The smallest absolute Gasteiger partial charge is 0.293 e. The number of carbonyl (C=O) groups is 1. The van der Waals surface area contributed by atoms with Crippen molar-refractivity contribution in [1.29, 1.82) is 0 Å². The van der Waals surface area contributed by atoms with E-state index in [9.17, 15) is 9.18 Å². The number of ether oxygens (including phenoxy) is 3. The molecule has 31 heavy (non-hydrogen) atoms. The number of fused-ring (bicyclic) bond motifs is 1. The molecule has 0 unspecified atom stereocenters. The molecule has 1 aliphatic rings. The second-order valence-electron chi connectivity index (χ2n) is 6.57. The van der Waals surface area contributed by atoms with Gasteiger partial charge in [0.2, 0.25) is 6.79 Å². The van der Waals surface area contributed by atoms with E-state index < -0.39 is 5.91 Å². The van der Waals surface area contributed by atoms with Crippen LogP contribution in [0.4, 0.5) is 9.52 Å². The summed E-state index contributed by atoms with van der Waals surface area (Å²) in [5, 5.41) is 5.02. The number of amides is 1. The van der Waals surface area contributed by atoms with Crippen molar-refractivity contribution >= 4 is 22.4 Å². The summed E-state index contributed by atoms with van der Waals surface area (Å²) >= 11 is 1.30. The number of nitrogens with zero attached hydrogens (tertiary/aromatic N) is 1. The van der Waals surface area contributed by atoms with E-state index in [0.29, 0.717) is 33.8 Å². The average molecular weight is 438 g/mol. The maximum absolute atomic E-state index is 12.9. The van der Waals surface area contributed by atoms with Crippen LogP contribution in [0.15, 0.2) is 64.4 Å². The van der Waals surface area contributed by atoms with Gasteiger partial charge in [-0.1, -0.05) is 0 Å². The zero-order valence-corrected chi connectivity index (χ0v) is 16.8. The molecule has 0 spiro atoms. The van der Waals surface area contributed by atoms with Gasteiger partial charge >= 0.3 is 0 Å². The normalized spacial score (nSPS) is 12.0. The van der Waals surface area contributed by atoms with Gasteiger partial charge in [-0.15, -0.1) is 11.3 Å². The fourth-order valence-corrected chi connectivity index (χ4v) is 3.66. The lowest BCUT2D eigenvalue weighted by Gasteiger charge is -2.03. The Balaban J connectivity index is 1.21. The van der Waals surface area contributed by atoms with Crippen LogP contribution in [0.5, 0.6) is 17.2 Å². The van der Waals surface area contributed by atoms with Crippen LogP contribution < -0.4 is 19.5 Å². The molecule has 0 fully saturated rings. The molecule has 0 bridgehead atoms. The molecule has 7 nitrogen and oxygen atoms in total. The maximum Gasteiger partial charge on any atom is 0.293 e. The van der Waals surface area contributed by atoms with Gasteiger partial charge in [-0.05, 0) is 54.6 Å². The molecular weight excluding hydrogens is 423 g/mol. The van der Waals surface area contributed by atoms with Crippen molar-refractivity contribution in [1.82, 2.24) is 4.98 Å². The fourth-order valence-electron chi connectivity index (χ4n) is 2.94. The highest BCUT2D eigenvalue weighted by Crippen LogP contribution is 2.36. The van der Waals surface area contributed by atoms with E-state index in [1.165, 1.54) is 35.6 Å². The Morgan fingerprint density at radius 2 is 1.94 bits per heavy atom. The van der Waals surface area contributed by atoms with E-state index in [4.69, 9.17) is 18.6 Å². The van der Waals surface area contributed by atoms with Gasteiger partial charge in [0.15, 0.2) is 22.4 Å². The van der Waals surface area contributed by atoms with Gasteiger partial charge in [0.25, 0.3) is 5.91 Å². The molecule has 5 rings (SSSR count). The molecule has 2 aromatic heterocycles. The van der Waals surface area contributed by atoms with Gasteiger partial charge in [-0.25, -0.2) is 9.37 Å². The van der Waals surface area contributed by atoms with Crippen molar-refractivity contribution in [3.8, 4) is 28.5 Å². The molecule has 0 saturated heterocycles. The van der Waals surface area contributed by atoms with Crippen molar-refractivity contribution in [2.45, 2.75) is 6.61 Å².